The largest absolute Gasteiger partial charge is 0.326 e. The fraction of sp³-hybridized carbons (Fsp3) is 0.0909. The number of sulfonamides is 1. The van der Waals surface area contributed by atoms with E-state index < -0.39 is 21.7 Å². The summed E-state index contributed by atoms with van der Waals surface area (Å²) in [6, 6.07) is 17.4. The molecule has 0 unspecified atom stereocenters. The highest BCUT2D eigenvalue weighted by atomic mass is 32.2. The first-order valence-electron chi connectivity index (χ1n) is 9.49. The Hall–Kier alpha value is -3.44. The van der Waals surface area contributed by atoms with Gasteiger partial charge in [0, 0.05) is 34.4 Å². The average molecular weight is 492 g/mol. The van der Waals surface area contributed by atoms with E-state index in [0.29, 0.717) is 28.0 Å². The van der Waals surface area contributed by atoms with Crippen LogP contribution in [0.1, 0.15) is 17.3 Å². The topological polar surface area (TPSA) is 104 Å². The second kappa shape index (κ2) is 10.5. The Labute approximate surface area is 193 Å². The molecule has 3 rings (SSSR count). The first-order chi connectivity index (χ1) is 15.6. The number of nitrogens with one attached hydrogen (secondary N) is 3. The predicted octanol–water partition coefficient (Wildman–Crippen LogP) is 5.01. The normalized spacial score (nSPS) is 11.2. The molecule has 172 valence electrons. The molecule has 0 aliphatic carbocycles. The van der Waals surface area contributed by atoms with Crippen LogP contribution >= 0.6 is 11.8 Å². The smallest absolute Gasteiger partial charge is 0.288 e. The molecule has 0 aliphatic heterocycles. The van der Waals surface area contributed by atoms with Crippen molar-refractivity contribution in [2.45, 2.75) is 22.5 Å². The molecule has 0 bridgehead atoms. The summed E-state index contributed by atoms with van der Waals surface area (Å²) in [7, 11) is -4.02. The van der Waals surface area contributed by atoms with Crippen molar-refractivity contribution < 1.29 is 26.8 Å². The lowest BCUT2D eigenvalue weighted by atomic mass is 10.2. The summed E-state index contributed by atoms with van der Waals surface area (Å²) >= 11 is 0.357. The number of amides is 2. The number of anilines is 3. The van der Waals surface area contributed by atoms with Gasteiger partial charge < -0.3 is 10.6 Å². The van der Waals surface area contributed by atoms with E-state index in [1.807, 2.05) is 0 Å². The van der Waals surface area contributed by atoms with Gasteiger partial charge in [-0.1, -0.05) is 17.8 Å². The second-order valence-corrected chi connectivity index (χ2v) is 9.49. The molecule has 0 heterocycles. The Morgan fingerprint density at radius 3 is 2.00 bits per heavy atom. The molecule has 3 N–H and O–H groups in total. The summed E-state index contributed by atoms with van der Waals surface area (Å²) in [5.74, 6) is -3.31. The molecule has 0 atom stereocenters. The molecule has 0 saturated heterocycles. The molecule has 0 spiro atoms. The van der Waals surface area contributed by atoms with Crippen LogP contribution in [-0.4, -0.2) is 26.0 Å². The molecule has 3 aromatic rings. The minimum atomic E-state index is -4.02. The van der Waals surface area contributed by atoms with Crippen LogP contribution in [0.5, 0.6) is 0 Å². The van der Waals surface area contributed by atoms with E-state index in [1.165, 1.54) is 55.5 Å². The Morgan fingerprint density at radius 2 is 1.42 bits per heavy atom. The zero-order valence-electron chi connectivity index (χ0n) is 17.2. The van der Waals surface area contributed by atoms with Crippen molar-refractivity contribution in [1.82, 2.24) is 0 Å². The Balaban J connectivity index is 1.71. The summed E-state index contributed by atoms with van der Waals surface area (Å²) in [5.41, 5.74) is 1.35. The lowest BCUT2D eigenvalue weighted by Gasteiger charge is -2.11. The highest BCUT2D eigenvalue weighted by Gasteiger charge is 2.17. The summed E-state index contributed by atoms with van der Waals surface area (Å²) in [5, 5.41) is 5.27. The first-order valence-corrected chi connectivity index (χ1v) is 11.9. The maximum atomic E-state index is 12.7. The third kappa shape index (κ3) is 7.02. The number of halogens is 2. The van der Waals surface area contributed by atoms with E-state index in [1.54, 1.807) is 24.3 Å². The fourth-order valence-electron chi connectivity index (χ4n) is 2.77. The van der Waals surface area contributed by atoms with Crippen LogP contribution in [0.2, 0.25) is 0 Å². The van der Waals surface area contributed by atoms with Gasteiger partial charge in [-0.2, -0.15) is 8.78 Å². The van der Waals surface area contributed by atoms with Crippen LogP contribution in [0.4, 0.5) is 25.8 Å². The molecule has 7 nitrogen and oxygen atoms in total. The van der Waals surface area contributed by atoms with Gasteiger partial charge in [-0.05, 0) is 66.7 Å². The van der Waals surface area contributed by atoms with Crippen molar-refractivity contribution in [2.75, 3.05) is 15.4 Å². The van der Waals surface area contributed by atoms with E-state index >= 15 is 0 Å². The molecule has 0 fully saturated rings. The molecule has 33 heavy (non-hydrogen) atoms. The van der Waals surface area contributed by atoms with Gasteiger partial charge >= 0.3 is 0 Å². The SMILES string of the molecule is CC(=O)Nc1ccc(NC(=O)c2cccc(S(=O)(=O)Nc3ccc(SC(F)F)cc3)c2)cc1. The van der Waals surface area contributed by atoms with Gasteiger partial charge in [0.2, 0.25) is 5.91 Å². The summed E-state index contributed by atoms with van der Waals surface area (Å²) in [4.78, 5) is 23.8. The molecular weight excluding hydrogens is 472 g/mol. The number of carbonyl (C=O) groups is 2. The highest BCUT2D eigenvalue weighted by Crippen LogP contribution is 2.27. The molecule has 3 aromatic carbocycles. The van der Waals surface area contributed by atoms with Crippen molar-refractivity contribution in [1.29, 1.82) is 0 Å². The molecule has 0 radical (unpaired) electrons. The van der Waals surface area contributed by atoms with Crippen molar-refractivity contribution in [2.24, 2.45) is 0 Å². The number of thioether (sulfide) groups is 1. The van der Waals surface area contributed by atoms with Crippen LogP contribution in [0.3, 0.4) is 0 Å². The van der Waals surface area contributed by atoms with Gasteiger partial charge in [0.05, 0.1) is 4.90 Å². The lowest BCUT2D eigenvalue weighted by molar-refractivity contribution is -0.114. The summed E-state index contributed by atoms with van der Waals surface area (Å²) in [6.07, 6.45) is 0. The van der Waals surface area contributed by atoms with E-state index in [2.05, 4.69) is 15.4 Å². The van der Waals surface area contributed by atoms with Gasteiger partial charge in [-0.3, -0.25) is 14.3 Å². The predicted molar refractivity (Wildman–Crippen MR) is 124 cm³/mol. The zero-order valence-corrected chi connectivity index (χ0v) is 18.8. The van der Waals surface area contributed by atoms with E-state index in [-0.39, 0.29) is 22.1 Å². The third-order valence-corrected chi connectivity index (χ3v) is 6.30. The summed E-state index contributed by atoms with van der Waals surface area (Å²) < 4.78 is 52.6. The fourth-order valence-corrected chi connectivity index (χ4v) is 4.37. The van der Waals surface area contributed by atoms with Crippen LogP contribution < -0.4 is 15.4 Å². The number of hydrogen-bond donors (Lipinski definition) is 3. The van der Waals surface area contributed by atoms with E-state index in [0.717, 1.165) is 0 Å². The molecule has 0 saturated carbocycles. The number of benzene rings is 3. The third-order valence-electron chi connectivity index (χ3n) is 4.20. The molecule has 2 amide bonds. The van der Waals surface area contributed by atoms with Crippen LogP contribution in [0.15, 0.2) is 82.6 Å². The molecule has 11 heteroatoms. The van der Waals surface area contributed by atoms with Crippen LogP contribution in [0, 0.1) is 0 Å². The minimum Gasteiger partial charge on any atom is -0.326 e. The Kier molecular flexibility index (Phi) is 7.67. The van der Waals surface area contributed by atoms with E-state index in [4.69, 9.17) is 0 Å². The summed E-state index contributed by atoms with van der Waals surface area (Å²) in [6.45, 7) is 1.38. The number of alkyl halides is 2. The van der Waals surface area contributed by atoms with Crippen LogP contribution in [0.25, 0.3) is 0 Å². The molecule has 0 aliphatic rings. The maximum Gasteiger partial charge on any atom is 0.288 e. The van der Waals surface area contributed by atoms with Crippen molar-refractivity contribution in [3.05, 3.63) is 78.4 Å². The monoisotopic (exact) mass is 491 g/mol. The lowest BCUT2D eigenvalue weighted by Crippen LogP contribution is -2.16. The number of rotatable bonds is 8. The van der Waals surface area contributed by atoms with Crippen molar-refractivity contribution in [3.63, 3.8) is 0 Å². The van der Waals surface area contributed by atoms with Gasteiger partial charge in [-0.15, -0.1) is 0 Å². The highest BCUT2D eigenvalue weighted by molar-refractivity contribution is 7.99. The molecular formula is C22H19F2N3O4S2. The number of carbonyl (C=O) groups excluding carboxylic acids is 2. The average Bonchev–Trinajstić information content (AvgIpc) is 2.76. The van der Waals surface area contributed by atoms with Crippen LogP contribution in [-0.2, 0) is 14.8 Å². The maximum absolute atomic E-state index is 12.7. The van der Waals surface area contributed by atoms with Gasteiger partial charge in [0.15, 0.2) is 0 Å². The quantitative estimate of drug-likeness (QED) is 0.384. The van der Waals surface area contributed by atoms with Gasteiger partial charge in [0.1, 0.15) is 0 Å². The minimum absolute atomic E-state index is 0.118. The van der Waals surface area contributed by atoms with E-state index in [9.17, 15) is 26.8 Å². The Bertz CT molecular complexity index is 1250. The Morgan fingerprint density at radius 1 is 0.848 bits per heavy atom. The first kappa shape index (κ1) is 24.2. The zero-order chi connectivity index (χ0) is 24.0. The number of hydrogen-bond acceptors (Lipinski definition) is 5. The van der Waals surface area contributed by atoms with Crippen molar-refractivity contribution >= 4 is 50.7 Å². The van der Waals surface area contributed by atoms with Crippen molar-refractivity contribution in [3.8, 4) is 0 Å². The standard InChI is InChI=1S/C22H19F2N3O4S2/c1-14(28)25-16-5-7-17(8-6-16)26-21(29)15-3-2-4-20(13-15)33(30,31)27-18-9-11-19(12-10-18)32-22(23)24/h2-13,22,27H,1H3,(H,25,28)(H,26,29). The van der Waals surface area contributed by atoms with Gasteiger partial charge in [0.25, 0.3) is 21.7 Å². The second-order valence-electron chi connectivity index (χ2n) is 6.75. The molecule has 0 aromatic heterocycles. The van der Waals surface area contributed by atoms with Gasteiger partial charge in [-0.25, -0.2) is 8.42 Å².